The molecule has 0 spiro atoms. The van der Waals surface area contributed by atoms with Crippen LogP contribution in [0.15, 0.2) is 6.33 Å². The minimum Gasteiger partial charge on any atom is -0.395 e. The molecule has 0 saturated carbocycles. The van der Waals surface area contributed by atoms with Gasteiger partial charge in [-0.15, -0.1) is 0 Å². The second-order valence-electron chi connectivity index (χ2n) is 3.75. The highest BCUT2D eigenvalue weighted by Gasteiger charge is 2.24. The number of aryl methyl sites for hydroxylation is 1. The summed E-state index contributed by atoms with van der Waals surface area (Å²) < 4.78 is 1.78. The zero-order valence-corrected chi connectivity index (χ0v) is 8.43. The van der Waals surface area contributed by atoms with Crippen LogP contribution in [0.4, 0.5) is 0 Å². The average Bonchev–Trinajstić information content (AvgIpc) is 2.77. The van der Waals surface area contributed by atoms with Gasteiger partial charge in [-0.1, -0.05) is 0 Å². The van der Waals surface area contributed by atoms with Crippen molar-refractivity contribution in [1.29, 1.82) is 0 Å². The van der Waals surface area contributed by atoms with Gasteiger partial charge in [-0.25, -0.2) is 4.98 Å². The molecule has 1 aromatic rings. The molecule has 1 saturated heterocycles. The van der Waals surface area contributed by atoms with Crippen LogP contribution >= 0.6 is 0 Å². The van der Waals surface area contributed by atoms with Crippen LogP contribution < -0.4 is 0 Å². The fraction of sp³-hybridized carbons (Fsp3) is 0.778. The third-order valence-electron chi connectivity index (χ3n) is 2.86. The van der Waals surface area contributed by atoms with Crippen molar-refractivity contribution < 1.29 is 5.11 Å². The number of hydrogen-bond donors (Lipinski definition) is 1. The molecule has 0 bridgehead atoms. The van der Waals surface area contributed by atoms with Gasteiger partial charge < -0.3 is 5.11 Å². The second-order valence-corrected chi connectivity index (χ2v) is 3.75. The van der Waals surface area contributed by atoms with Gasteiger partial charge in [0.2, 0.25) is 0 Å². The Morgan fingerprint density at radius 2 is 2.50 bits per heavy atom. The Kier molecular flexibility index (Phi) is 2.79. The molecule has 1 N–H and O–H groups in total. The van der Waals surface area contributed by atoms with Gasteiger partial charge in [0.25, 0.3) is 0 Å². The predicted octanol–water partition coefficient (Wildman–Crippen LogP) is -0.228. The monoisotopic (exact) mass is 196 g/mol. The molecule has 1 aliphatic heterocycles. The van der Waals surface area contributed by atoms with E-state index in [1.165, 1.54) is 6.42 Å². The van der Waals surface area contributed by atoms with Gasteiger partial charge >= 0.3 is 0 Å². The van der Waals surface area contributed by atoms with Crippen LogP contribution in [-0.4, -0.2) is 44.0 Å². The maximum absolute atomic E-state index is 9.15. The number of aliphatic hydroxyl groups is 1. The molecule has 0 unspecified atom stereocenters. The summed E-state index contributed by atoms with van der Waals surface area (Å²) in [4.78, 5) is 6.44. The Balaban J connectivity index is 2.00. The molecule has 1 aliphatic rings. The van der Waals surface area contributed by atoms with Crippen LogP contribution in [0, 0.1) is 0 Å². The number of likely N-dealkylation sites (tertiary alicyclic amines) is 1. The first-order chi connectivity index (χ1) is 6.81. The highest BCUT2D eigenvalue weighted by Crippen LogP contribution is 2.18. The highest BCUT2D eigenvalue weighted by atomic mass is 16.3. The summed E-state index contributed by atoms with van der Waals surface area (Å²) in [7, 11) is 1.90. The molecule has 0 amide bonds. The van der Waals surface area contributed by atoms with Crippen LogP contribution in [0.3, 0.4) is 0 Å². The van der Waals surface area contributed by atoms with E-state index in [-0.39, 0.29) is 6.61 Å². The molecule has 5 nitrogen and oxygen atoms in total. The SMILES string of the molecule is Cn1ncnc1CN1CCC[C@@H]1CO. The molecule has 2 heterocycles. The van der Waals surface area contributed by atoms with Crippen molar-refractivity contribution in [3.8, 4) is 0 Å². The molecule has 2 rings (SSSR count). The van der Waals surface area contributed by atoms with Crippen molar-refractivity contribution in [2.45, 2.75) is 25.4 Å². The summed E-state index contributed by atoms with van der Waals surface area (Å²) in [5, 5.41) is 13.2. The van der Waals surface area contributed by atoms with E-state index < -0.39 is 0 Å². The molecule has 0 aromatic carbocycles. The quantitative estimate of drug-likeness (QED) is 0.725. The van der Waals surface area contributed by atoms with Crippen LogP contribution in [0.1, 0.15) is 18.7 Å². The maximum atomic E-state index is 9.15. The van der Waals surface area contributed by atoms with Crippen molar-refractivity contribution in [2.24, 2.45) is 7.05 Å². The summed E-state index contributed by atoms with van der Waals surface area (Å²) in [6, 6.07) is 0.312. The van der Waals surface area contributed by atoms with E-state index in [0.717, 1.165) is 25.3 Å². The number of aliphatic hydroxyl groups excluding tert-OH is 1. The fourth-order valence-corrected chi connectivity index (χ4v) is 1.95. The van der Waals surface area contributed by atoms with E-state index in [2.05, 4.69) is 15.0 Å². The normalized spacial score (nSPS) is 23.1. The molecule has 1 atom stereocenters. The van der Waals surface area contributed by atoms with Crippen LogP contribution in [0.2, 0.25) is 0 Å². The van der Waals surface area contributed by atoms with E-state index in [4.69, 9.17) is 5.11 Å². The Morgan fingerprint density at radius 3 is 3.14 bits per heavy atom. The van der Waals surface area contributed by atoms with Crippen molar-refractivity contribution >= 4 is 0 Å². The summed E-state index contributed by atoms with van der Waals surface area (Å²) in [6.07, 6.45) is 3.83. The lowest BCUT2D eigenvalue weighted by molar-refractivity contribution is 0.150. The lowest BCUT2D eigenvalue weighted by Gasteiger charge is -2.21. The van der Waals surface area contributed by atoms with Gasteiger partial charge in [-0.05, 0) is 19.4 Å². The van der Waals surface area contributed by atoms with E-state index in [0.29, 0.717) is 6.04 Å². The van der Waals surface area contributed by atoms with Gasteiger partial charge in [0, 0.05) is 13.1 Å². The summed E-state index contributed by atoms with van der Waals surface area (Å²) >= 11 is 0. The Hall–Kier alpha value is -0.940. The molecule has 1 aromatic heterocycles. The second kappa shape index (κ2) is 4.06. The summed E-state index contributed by atoms with van der Waals surface area (Å²) in [5.74, 6) is 0.963. The first kappa shape index (κ1) is 9.61. The summed E-state index contributed by atoms with van der Waals surface area (Å²) in [5.41, 5.74) is 0. The summed E-state index contributed by atoms with van der Waals surface area (Å²) in [6.45, 7) is 2.09. The lowest BCUT2D eigenvalue weighted by Crippen LogP contribution is -2.32. The molecular weight excluding hydrogens is 180 g/mol. The molecule has 5 heteroatoms. The zero-order valence-electron chi connectivity index (χ0n) is 8.43. The van der Waals surface area contributed by atoms with E-state index in [1.54, 1.807) is 11.0 Å². The minimum atomic E-state index is 0.248. The van der Waals surface area contributed by atoms with Crippen LogP contribution in [-0.2, 0) is 13.6 Å². The van der Waals surface area contributed by atoms with Crippen LogP contribution in [0.5, 0.6) is 0 Å². The molecule has 0 radical (unpaired) electrons. The third-order valence-corrected chi connectivity index (χ3v) is 2.86. The number of nitrogens with zero attached hydrogens (tertiary/aromatic N) is 4. The molecular formula is C9H16N4O. The van der Waals surface area contributed by atoms with Gasteiger partial charge in [0.15, 0.2) is 0 Å². The van der Waals surface area contributed by atoms with Gasteiger partial charge in [-0.2, -0.15) is 5.10 Å². The molecule has 0 aliphatic carbocycles. The van der Waals surface area contributed by atoms with Crippen molar-refractivity contribution in [3.05, 3.63) is 12.2 Å². The van der Waals surface area contributed by atoms with Crippen molar-refractivity contribution in [2.75, 3.05) is 13.2 Å². The highest BCUT2D eigenvalue weighted by molar-refractivity contribution is 4.88. The van der Waals surface area contributed by atoms with E-state index >= 15 is 0 Å². The Labute approximate surface area is 83.4 Å². The van der Waals surface area contributed by atoms with E-state index in [9.17, 15) is 0 Å². The van der Waals surface area contributed by atoms with Crippen molar-refractivity contribution in [1.82, 2.24) is 19.7 Å². The average molecular weight is 196 g/mol. The zero-order chi connectivity index (χ0) is 9.97. The van der Waals surface area contributed by atoms with E-state index in [1.807, 2.05) is 7.05 Å². The first-order valence-corrected chi connectivity index (χ1v) is 4.99. The number of hydrogen-bond acceptors (Lipinski definition) is 4. The van der Waals surface area contributed by atoms with Crippen molar-refractivity contribution in [3.63, 3.8) is 0 Å². The maximum Gasteiger partial charge on any atom is 0.140 e. The third kappa shape index (κ3) is 1.78. The standard InChI is InChI=1S/C9H16N4O/c1-12-9(10-7-11-12)5-13-4-2-3-8(13)6-14/h7-8,14H,2-6H2,1H3/t8-/m1/s1. The van der Waals surface area contributed by atoms with Gasteiger partial charge in [0.05, 0.1) is 13.2 Å². The molecule has 1 fully saturated rings. The van der Waals surface area contributed by atoms with Gasteiger partial charge in [0.1, 0.15) is 12.2 Å². The lowest BCUT2D eigenvalue weighted by atomic mass is 10.2. The largest absolute Gasteiger partial charge is 0.395 e. The first-order valence-electron chi connectivity index (χ1n) is 4.99. The number of rotatable bonds is 3. The topological polar surface area (TPSA) is 54.2 Å². The van der Waals surface area contributed by atoms with Crippen LogP contribution in [0.25, 0.3) is 0 Å². The number of aromatic nitrogens is 3. The Bertz CT molecular complexity index is 299. The fourth-order valence-electron chi connectivity index (χ4n) is 1.95. The molecule has 14 heavy (non-hydrogen) atoms. The Morgan fingerprint density at radius 1 is 1.64 bits per heavy atom. The smallest absolute Gasteiger partial charge is 0.140 e. The minimum absolute atomic E-state index is 0.248. The molecule has 78 valence electrons. The van der Waals surface area contributed by atoms with Gasteiger partial charge in [-0.3, -0.25) is 9.58 Å². The predicted molar refractivity (Wildman–Crippen MR) is 51.5 cm³/mol.